The van der Waals surface area contributed by atoms with Gasteiger partial charge in [0.15, 0.2) is 6.10 Å². The molecule has 382 valence electrons. The molecule has 0 fully saturated rings. The Morgan fingerprint density at radius 3 is 1.30 bits per heavy atom. The molecule has 0 N–H and O–H groups in total. The van der Waals surface area contributed by atoms with Crippen LogP contribution in [0, 0.1) is 0 Å². The molecule has 0 radical (unpaired) electrons. The highest BCUT2D eigenvalue weighted by molar-refractivity contribution is 5.70. The monoisotopic (exact) mass is 934 g/mol. The highest BCUT2D eigenvalue weighted by Crippen LogP contribution is 2.14. The molecule has 2 unspecified atom stereocenters. The van der Waals surface area contributed by atoms with Crippen molar-refractivity contribution < 1.29 is 38.2 Å². The van der Waals surface area contributed by atoms with E-state index in [1.54, 1.807) is 21.1 Å². The number of likely N-dealkylation sites (N-methyl/N-ethyl adjacent to an activating group) is 1. The third kappa shape index (κ3) is 47.1. The second-order valence-electron chi connectivity index (χ2n) is 18.7. The number of esters is 2. The molecule has 0 aromatic rings. The SMILES string of the molecule is CC/C=C/C/C=C/C/C=C/C/C=C/C/C=C/C/C=C/C/C=C/CCCC(=O)OC(COCCC(C(=O)[O-])[N+](C)(C)C)COC(=O)CCCCCCCCC/C=C/CCCCCCCCCCC. The number of carboxylic acids is 1. The van der Waals surface area contributed by atoms with Gasteiger partial charge < -0.3 is 28.6 Å². The van der Waals surface area contributed by atoms with Crippen molar-refractivity contribution in [1.29, 1.82) is 0 Å². The lowest BCUT2D eigenvalue weighted by Gasteiger charge is -2.34. The van der Waals surface area contributed by atoms with E-state index in [2.05, 4.69) is 111 Å². The molecular weight excluding hydrogens is 835 g/mol. The number of carboxylic acid groups (broad SMARTS) is 1. The summed E-state index contributed by atoms with van der Waals surface area (Å²) in [5.74, 6) is -1.82. The van der Waals surface area contributed by atoms with Crippen LogP contribution in [-0.2, 0) is 28.6 Å². The molecule has 0 amide bonds. The molecule has 0 saturated heterocycles. The molecular formula is C59H99NO7. The fourth-order valence-corrected chi connectivity index (χ4v) is 7.35. The Balaban J connectivity index is 4.36. The fourth-order valence-electron chi connectivity index (χ4n) is 7.35. The maximum absolute atomic E-state index is 12.8. The highest BCUT2D eigenvalue weighted by Gasteiger charge is 2.25. The number of carbonyl (C=O) groups is 3. The number of allylic oxidation sites excluding steroid dienone is 16. The third-order valence-corrected chi connectivity index (χ3v) is 11.5. The van der Waals surface area contributed by atoms with Crippen LogP contribution in [0.4, 0.5) is 0 Å². The second-order valence-corrected chi connectivity index (χ2v) is 18.7. The summed E-state index contributed by atoms with van der Waals surface area (Å²) in [6.07, 6.45) is 65.9. The van der Waals surface area contributed by atoms with Crippen LogP contribution in [0.2, 0.25) is 0 Å². The Labute approximate surface area is 411 Å². The molecule has 0 rings (SSSR count). The van der Waals surface area contributed by atoms with Crippen LogP contribution in [0.1, 0.15) is 206 Å². The van der Waals surface area contributed by atoms with Gasteiger partial charge in [0.05, 0.1) is 40.3 Å². The summed E-state index contributed by atoms with van der Waals surface area (Å²) in [6.45, 7) is 4.49. The summed E-state index contributed by atoms with van der Waals surface area (Å²) in [5.41, 5.74) is 0. The van der Waals surface area contributed by atoms with Crippen LogP contribution in [0.3, 0.4) is 0 Å². The number of rotatable bonds is 47. The van der Waals surface area contributed by atoms with Crippen molar-refractivity contribution in [2.75, 3.05) is 41.0 Å². The van der Waals surface area contributed by atoms with E-state index in [4.69, 9.17) is 14.2 Å². The first kappa shape index (κ1) is 63.2. The van der Waals surface area contributed by atoms with Gasteiger partial charge >= 0.3 is 11.9 Å². The number of hydrogen-bond donors (Lipinski definition) is 0. The summed E-state index contributed by atoms with van der Waals surface area (Å²) >= 11 is 0. The smallest absolute Gasteiger partial charge is 0.306 e. The first-order valence-corrected chi connectivity index (χ1v) is 26.8. The van der Waals surface area contributed by atoms with E-state index in [0.29, 0.717) is 12.8 Å². The Morgan fingerprint density at radius 2 is 0.851 bits per heavy atom. The van der Waals surface area contributed by atoms with Gasteiger partial charge in [0.25, 0.3) is 0 Å². The Morgan fingerprint density at radius 1 is 0.463 bits per heavy atom. The summed E-state index contributed by atoms with van der Waals surface area (Å²) in [4.78, 5) is 37.1. The highest BCUT2D eigenvalue weighted by atomic mass is 16.6. The molecule has 0 saturated carbocycles. The number of unbranched alkanes of at least 4 members (excludes halogenated alkanes) is 17. The normalized spacial score (nSPS) is 13.6. The van der Waals surface area contributed by atoms with Crippen LogP contribution in [-0.4, -0.2) is 75.5 Å². The lowest BCUT2D eigenvalue weighted by Crippen LogP contribution is -2.55. The minimum Gasteiger partial charge on any atom is -0.544 e. The Bertz CT molecular complexity index is 1410. The van der Waals surface area contributed by atoms with Crippen molar-refractivity contribution in [3.05, 3.63) is 97.2 Å². The molecule has 0 aromatic carbocycles. The van der Waals surface area contributed by atoms with Gasteiger partial charge in [0.2, 0.25) is 0 Å². The minimum absolute atomic E-state index is 0.0108. The first-order valence-electron chi connectivity index (χ1n) is 26.8. The van der Waals surface area contributed by atoms with Crippen molar-refractivity contribution in [3.63, 3.8) is 0 Å². The van der Waals surface area contributed by atoms with Crippen LogP contribution in [0.25, 0.3) is 0 Å². The second kappa shape index (κ2) is 48.7. The number of carbonyl (C=O) groups excluding carboxylic acids is 3. The Kier molecular flexibility index (Phi) is 46.0. The van der Waals surface area contributed by atoms with Gasteiger partial charge in [-0.15, -0.1) is 0 Å². The molecule has 0 bridgehead atoms. The fraction of sp³-hybridized carbons (Fsp3) is 0.678. The van der Waals surface area contributed by atoms with E-state index in [1.807, 2.05) is 0 Å². The maximum Gasteiger partial charge on any atom is 0.306 e. The number of nitrogens with zero attached hydrogens (tertiary/aromatic N) is 1. The van der Waals surface area contributed by atoms with Crippen LogP contribution in [0.15, 0.2) is 97.2 Å². The van der Waals surface area contributed by atoms with Gasteiger partial charge in [0, 0.05) is 19.3 Å². The standard InChI is InChI=1S/C59H99NO7/c1-6-8-10-12-14-16-18-20-22-24-26-28-29-30-32-34-36-38-40-42-44-46-48-50-58(62)67-55(53-65-52-51-56(59(63)64)60(3,4)5)54-66-57(61)49-47-45-43-41-39-37-35-33-31-27-25-23-21-19-17-15-13-11-9-7-2/h8,10,14,16,20,22,26-28,30-32,36,38,42,44,55-56H,6-7,9,11-13,15,17-19,21,23-25,29,33-35,37,39-41,43,45-54H2,1-5H3/b10-8+,16-14+,22-20+,28-26+,31-27+,32-30+,38-36+,44-42+. The van der Waals surface area contributed by atoms with E-state index >= 15 is 0 Å². The molecule has 0 spiro atoms. The molecule has 67 heavy (non-hydrogen) atoms. The van der Waals surface area contributed by atoms with Gasteiger partial charge in [-0.1, -0.05) is 195 Å². The zero-order valence-electron chi connectivity index (χ0n) is 43.5. The molecule has 2 atom stereocenters. The van der Waals surface area contributed by atoms with E-state index in [1.165, 1.54) is 96.3 Å². The van der Waals surface area contributed by atoms with Crippen LogP contribution < -0.4 is 5.11 Å². The van der Waals surface area contributed by atoms with Gasteiger partial charge in [0.1, 0.15) is 12.6 Å². The maximum atomic E-state index is 12.8. The number of hydrogen-bond acceptors (Lipinski definition) is 7. The van der Waals surface area contributed by atoms with E-state index in [9.17, 15) is 19.5 Å². The topological polar surface area (TPSA) is 102 Å². The van der Waals surface area contributed by atoms with Crippen molar-refractivity contribution in [2.45, 2.75) is 219 Å². The average molecular weight is 934 g/mol. The zero-order chi connectivity index (χ0) is 49.2. The van der Waals surface area contributed by atoms with E-state index < -0.39 is 18.1 Å². The van der Waals surface area contributed by atoms with Gasteiger partial charge in [-0.3, -0.25) is 9.59 Å². The van der Waals surface area contributed by atoms with Crippen molar-refractivity contribution in [3.8, 4) is 0 Å². The Hall–Kier alpha value is -3.75. The van der Waals surface area contributed by atoms with Gasteiger partial charge in [-0.05, 0) is 89.9 Å². The summed E-state index contributed by atoms with van der Waals surface area (Å²) in [5, 5.41) is 11.7. The van der Waals surface area contributed by atoms with Crippen LogP contribution in [0.5, 0.6) is 0 Å². The molecule has 0 aliphatic heterocycles. The third-order valence-electron chi connectivity index (χ3n) is 11.5. The average Bonchev–Trinajstić information content (AvgIpc) is 3.29. The van der Waals surface area contributed by atoms with E-state index in [0.717, 1.165) is 70.6 Å². The van der Waals surface area contributed by atoms with Crippen molar-refractivity contribution in [2.24, 2.45) is 0 Å². The quantitative estimate of drug-likeness (QED) is 0.0259. The lowest BCUT2D eigenvalue weighted by atomic mass is 10.1. The van der Waals surface area contributed by atoms with Gasteiger partial charge in [-0.2, -0.15) is 0 Å². The van der Waals surface area contributed by atoms with Crippen molar-refractivity contribution in [1.82, 2.24) is 0 Å². The number of aliphatic carboxylic acids is 1. The predicted octanol–water partition coefficient (Wildman–Crippen LogP) is 14.5. The largest absolute Gasteiger partial charge is 0.544 e. The molecule has 0 aliphatic rings. The van der Waals surface area contributed by atoms with E-state index in [-0.39, 0.29) is 49.1 Å². The molecule has 0 heterocycles. The van der Waals surface area contributed by atoms with Gasteiger partial charge in [-0.25, -0.2) is 0 Å². The lowest BCUT2D eigenvalue weighted by molar-refractivity contribution is -0.889. The molecule has 8 nitrogen and oxygen atoms in total. The van der Waals surface area contributed by atoms with Crippen LogP contribution >= 0.6 is 0 Å². The summed E-state index contributed by atoms with van der Waals surface area (Å²) < 4.78 is 17.2. The molecule has 0 aromatic heterocycles. The number of quaternary nitrogens is 1. The zero-order valence-corrected chi connectivity index (χ0v) is 43.5. The molecule has 8 heteroatoms. The minimum atomic E-state index is -1.14. The summed E-state index contributed by atoms with van der Waals surface area (Å²) in [7, 11) is 5.39. The first-order chi connectivity index (χ1) is 32.6. The predicted molar refractivity (Wildman–Crippen MR) is 281 cm³/mol. The summed E-state index contributed by atoms with van der Waals surface area (Å²) in [6, 6.07) is -0.743. The van der Waals surface area contributed by atoms with Crippen molar-refractivity contribution >= 4 is 17.9 Å². The molecule has 0 aliphatic carbocycles. The number of ether oxygens (including phenoxy) is 3.